The maximum absolute atomic E-state index is 13.2. The molecular weight excluding hydrogens is 338 g/mol. The van der Waals surface area contributed by atoms with Crippen LogP contribution in [-0.4, -0.2) is 51.8 Å². The van der Waals surface area contributed by atoms with E-state index in [0.29, 0.717) is 23.8 Å². The molecule has 1 aromatic heterocycles. The van der Waals surface area contributed by atoms with Gasteiger partial charge in [0.15, 0.2) is 0 Å². The minimum Gasteiger partial charge on any atom is -0.338 e. The number of carbonyl (C=O) groups excluding carboxylic acids is 2. The molecule has 0 unspecified atom stereocenters. The maximum atomic E-state index is 13.2. The SMILES string of the molecule is O=C(CC1CC1)N1CCC[C@@H]2[C@H]1CCN2C(=O)c1ccc2cccnc2c1. The smallest absolute Gasteiger partial charge is 0.254 e. The number of piperidine rings is 1. The number of fused-ring (bicyclic) bond motifs is 2. The van der Waals surface area contributed by atoms with Gasteiger partial charge >= 0.3 is 0 Å². The number of hydrogen-bond acceptors (Lipinski definition) is 3. The van der Waals surface area contributed by atoms with Crippen molar-refractivity contribution in [2.45, 2.75) is 50.6 Å². The van der Waals surface area contributed by atoms with Gasteiger partial charge in [-0.3, -0.25) is 14.6 Å². The summed E-state index contributed by atoms with van der Waals surface area (Å²) in [5, 5.41) is 1.04. The van der Waals surface area contributed by atoms with Crippen molar-refractivity contribution in [2.24, 2.45) is 5.92 Å². The van der Waals surface area contributed by atoms with Gasteiger partial charge in [-0.25, -0.2) is 0 Å². The van der Waals surface area contributed by atoms with Crippen molar-refractivity contribution in [3.05, 3.63) is 42.1 Å². The zero-order valence-corrected chi connectivity index (χ0v) is 15.5. The first-order chi connectivity index (χ1) is 13.2. The summed E-state index contributed by atoms with van der Waals surface area (Å²) in [5.74, 6) is 0.991. The Hall–Kier alpha value is -2.43. The molecule has 3 aliphatic rings. The van der Waals surface area contributed by atoms with Gasteiger partial charge < -0.3 is 9.80 Å². The number of aromatic nitrogens is 1. The Morgan fingerprint density at radius 1 is 1.00 bits per heavy atom. The molecule has 3 fully saturated rings. The van der Waals surface area contributed by atoms with Crippen LogP contribution in [0, 0.1) is 5.92 Å². The summed E-state index contributed by atoms with van der Waals surface area (Å²) in [6.07, 6.45) is 7.75. The van der Waals surface area contributed by atoms with E-state index in [1.807, 2.05) is 35.2 Å². The summed E-state index contributed by atoms with van der Waals surface area (Å²) in [6, 6.07) is 10.0. The van der Waals surface area contributed by atoms with Gasteiger partial charge in [-0.1, -0.05) is 12.1 Å². The van der Waals surface area contributed by atoms with Crippen molar-refractivity contribution >= 4 is 22.7 Å². The Labute approximate surface area is 159 Å². The number of benzene rings is 1. The van der Waals surface area contributed by atoms with Gasteiger partial charge in [0, 0.05) is 36.7 Å². The van der Waals surface area contributed by atoms with Crippen molar-refractivity contribution in [3.63, 3.8) is 0 Å². The average Bonchev–Trinajstić information content (AvgIpc) is 3.41. The third-order valence-corrected chi connectivity index (χ3v) is 6.40. The van der Waals surface area contributed by atoms with Crippen LogP contribution < -0.4 is 0 Å². The number of amides is 2. The summed E-state index contributed by atoms with van der Waals surface area (Å²) in [5.41, 5.74) is 1.55. The molecule has 5 nitrogen and oxygen atoms in total. The minimum absolute atomic E-state index is 0.0755. The molecule has 2 saturated heterocycles. The number of nitrogens with zero attached hydrogens (tertiary/aromatic N) is 3. The van der Waals surface area contributed by atoms with Gasteiger partial charge in [-0.05, 0) is 56.2 Å². The molecule has 5 heteroatoms. The van der Waals surface area contributed by atoms with Crippen LogP contribution in [0.15, 0.2) is 36.5 Å². The van der Waals surface area contributed by atoms with Gasteiger partial charge in [-0.15, -0.1) is 0 Å². The van der Waals surface area contributed by atoms with Gasteiger partial charge in [0.05, 0.1) is 17.6 Å². The summed E-state index contributed by atoms with van der Waals surface area (Å²) in [4.78, 5) is 34.4. The number of hydrogen-bond donors (Lipinski definition) is 0. The zero-order valence-electron chi connectivity index (χ0n) is 15.5. The second kappa shape index (κ2) is 6.63. The highest BCUT2D eigenvalue weighted by Gasteiger charge is 2.44. The molecule has 3 heterocycles. The molecule has 2 aromatic rings. The minimum atomic E-state index is 0.0755. The molecule has 0 spiro atoms. The van der Waals surface area contributed by atoms with E-state index in [9.17, 15) is 9.59 Å². The molecule has 27 heavy (non-hydrogen) atoms. The fraction of sp³-hybridized carbons (Fsp3) is 0.500. The van der Waals surface area contributed by atoms with Crippen LogP contribution in [0.3, 0.4) is 0 Å². The molecule has 2 atom stereocenters. The Bertz CT molecular complexity index is 892. The highest BCUT2D eigenvalue weighted by atomic mass is 16.2. The highest BCUT2D eigenvalue weighted by molar-refractivity contribution is 5.98. The molecule has 0 N–H and O–H groups in total. The van der Waals surface area contributed by atoms with E-state index in [1.165, 1.54) is 12.8 Å². The van der Waals surface area contributed by atoms with Crippen LogP contribution in [0.4, 0.5) is 0 Å². The molecule has 1 saturated carbocycles. The molecule has 5 rings (SSSR count). The molecule has 140 valence electrons. The van der Waals surface area contributed by atoms with E-state index in [0.717, 1.165) is 43.3 Å². The first-order valence-corrected chi connectivity index (χ1v) is 10.2. The van der Waals surface area contributed by atoms with Gasteiger partial charge in [0.1, 0.15) is 0 Å². The molecule has 1 aliphatic carbocycles. The molecule has 2 amide bonds. The maximum Gasteiger partial charge on any atom is 0.254 e. The third-order valence-electron chi connectivity index (χ3n) is 6.40. The largest absolute Gasteiger partial charge is 0.338 e. The van der Waals surface area contributed by atoms with Crippen molar-refractivity contribution in [1.82, 2.24) is 14.8 Å². The Balaban J connectivity index is 1.35. The van der Waals surface area contributed by atoms with E-state index < -0.39 is 0 Å². The summed E-state index contributed by atoms with van der Waals surface area (Å²) in [6.45, 7) is 1.59. The normalized spacial score (nSPS) is 24.9. The van der Waals surface area contributed by atoms with Crippen molar-refractivity contribution in [2.75, 3.05) is 13.1 Å². The van der Waals surface area contributed by atoms with Crippen molar-refractivity contribution < 1.29 is 9.59 Å². The highest BCUT2D eigenvalue weighted by Crippen LogP contribution is 2.36. The quantitative estimate of drug-likeness (QED) is 0.841. The van der Waals surface area contributed by atoms with Crippen LogP contribution in [0.25, 0.3) is 10.9 Å². The van der Waals surface area contributed by atoms with E-state index in [1.54, 1.807) is 6.20 Å². The Kier molecular flexibility index (Phi) is 4.10. The topological polar surface area (TPSA) is 53.5 Å². The van der Waals surface area contributed by atoms with E-state index in [2.05, 4.69) is 9.88 Å². The number of carbonyl (C=O) groups is 2. The number of pyridine rings is 1. The standard InChI is InChI=1S/C22H25N3O2/c26-21(13-15-5-6-15)24-11-2-4-19-20(24)9-12-25(19)22(27)17-8-7-16-3-1-10-23-18(16)14-17/h1,3,7-8,10,14-15,19-20H,2,4-6,9,11-13H2/t19-,20-/m1/s1. The second-order valence-electron chi connectivity index (χ2n) is 8.21. The molecule has 0 radical (unpaired) electrons. The lowest BCUT2D eigenvalue weighted by atomic mass is 9.95. The predicted octanol–water partition coefficient (Wildman–Crippen LogP) is 3.24. The second-order valence-corrected chi connectivity index (χ2v) is 8.21. The van der Waals surface area contributed by atoms with Crippen molar-refractivity contribution in [3.8, 4) is 0 Å². The number of rotatable bonds is 3. The lowest BCUT2D eigenvalue weighted by molar-refractivity contribution is -0.135. The fourth-order valence-electron chi connectivity index (χ4n) is 4.80. The Morgan fingerprint density at radius 2 is 1.85 bits per heavy atom. The van der Waals surface area contributed by atoms with E-state index >= 15 is 0 Å². The molecule has 0 bridgehead atoms. The summed E-state index contributed by atoms with van der Waals surface area (Å²) >= 11 is 0. The van der Waals surface area contributed by atoms with Crippen LogP contribution >= 0.6 is 0 Å². The van der Waals surface area contributed by atoms with Crippen LogP contribution in [0.2, 0.25) is 0 Å². The van der Waals surface area contributed by atoms with Gasteiger partial charge in [0.25, 0.3) is 5.91 Å². The molecular formula is C22H25N3O2. The third kappa shape index (κ3) is 3.09. The van der Waals surface area contributed by atoms with Crippen LogP contribution in [0.1, 0.15) is 48.9 Å². The predicted molar refractivity (Wildman–Crippen MR) is 103 cm³/mol. The Morgan fingerprint density at radius 3 is 2.70 bits per heavy atom. The lowest BCUT2D eigenvalue weighted by Crippen LogP contribution is -2.52. The average molecular weight is 363 g/mol. The van der Waals surface area contributed by atoms with E-state index in [4.69, 9.17) is 0 Å². The monoisotopic (exact) mass is 363 g/mol. The van der Waals surface area contributed by atoms with Gasteiger partial charge in [0.2, 0.25) is 5.91 Å². The first-order valence-electron chi connectivity index (χ1n) is 10.2. The van der Waals surface area contributed by atoms with Crippen LogP contribution in [0.5, 0.6) is 0 Å². The summed E-state index contributed by atoms with van der Waals surface area (Å²) < 4.78 is 0. The van der Waals surface area contributed by atoms with Gasteiger partial charge in [-0.2, -0.15) is 0 Å². The molecule has 2 aliphatic heterocycles. The van der Waals surface area contributed by atoms with Crippen molar-refractivity contribution in [1.29, 1.82) is 0 Å². The van der Waals surface area contributed by atoms with Crippen LogP contribution in [-0.2, 0) is 4.79 Å². The fourth-order valence-corrected chi connectivity index (χ4v) is 4.80. The number of likely N-dealkylation sites (tertiary alicyclic amines) is 2. The van der Waals surface area contributed by atoms with E-state index in [-0.39, 0.29) is 18.0 Å². The lowest BCUT2D eigenvalue weighted by Gasteiger charge is -2.40. The zero-order chi connectivity index (χ0) is 18.4. The molecule has 1 aromatic carbocycles. The summed E-state index contributed by atoms with van der Waals surface area (Å²) in [7, 11) is 0. The first kappa shape index (κ1) is 16.7.